The van der Waals surface area contributed by atoms with E-state index in [4.69, 9.17) is 11.6 Å². The Kier molecular flexibility index (Phi) is 4.36. The third kappa shape index (κ3) is 2.90. The van der Waals surface area contributed by atoms with E-state index in [2.05, 4.69) is 56.2 Å². The first-order valence-electron chi connectivity index (χ1n) is 5.47. The minimum absolute atomic E-state index is 0.717. The summed E-state index contributed by atoms with van der Waals surface area (Å²) in [6, 6.07) is 10.00. The summed E-state index contributed by atoms with van der Waals surface area (Å²) >= 11 is 13.4. The van der Waals surface area contributed by atoms with Gasteiger partial charge in [-0.3, -0.25) is 0 Å². The van der Waals surface area contributed by atoms with Crippen LogP contribution >= 0.6 is 43.5 Å². The smallest absolute Gasteiger partial charge is 0.0673 e. The maximum Gasteiger partial charge on any atom is 0.0673 e. The first-order valence-corrected chi connectivity index (χ1v) is 7.43. The average molecular weight is 390 g/mol. The zero-order valence-corrected chi connectivity index (χ0v) is 13.9. The summed E-state index contributed by atoms with van der Waals surface area (Å²) in [7, 11) is 0. The number of hydrogen-bond donors (Lipinski definition) is 1. The van der Waals surface area contributed by atoms with E-state index in [0.29, 0.717) is 0 Å². The molecule has 4 heteroatoms. The Labute approximate surface area is 129 Å². The van der Waals surface area contributed by atoms with Crippen LogP contribution in [0.25, 0.3) is 0 Å². The molecule has 2 rings (SSSR count). The Morgan fingerprint density at radius 2 is 1.61 bits per heavy atom. The van der Waals surface area contributed by atoms with E-state index < -0.39 is 0 Å². The molecule has 0 saturated carbocycles. The summed E-state index contributed by atoms with van der Waals surface area (Å²) in [6.45, 7) is 4.09. The van der Waals surface area contributed by atoms with Crippen LogP contribution in [0.5, 0.6) is 0 Å². The molecule has 18 heavy (non-hydrogen) atoms. The van der Waals surface area contributed by atoms with Gasteiger partial charge in [-0.1, -0.05) is 23.7 Å². The van der Waals surface area contributed by atoms with Crippen LogP contribution < -0.4 is 5.32 Å². The summed E-state index contributed by atoms with van der Waals surface area (Å²) in [5.41, 5.74) is 4.22. The monoisotopic (exact) mass is 387 g/mol. The van der Waals surface area contributed by atoms with Gasteiger partial charge in [0.25, 0.3) is 0 Å². The highest BCUT2D eigenvalue weighted by Crippen LogP contribution is 2.37. The zero-order chi connectivity index (χ0) is 13.3. The molecule has 0 aliphatic rings. The van der Waals surface area contributed by atoms with Crippen molar-refractivity contribution in [2.24, 2.45) is 0 Å². The minimum Gasteiger partial charge on any atom is -0.352 e. The molecule has 0 fully saturated rings. The molecule has 2 aromatic rings. The Bertz CT molecular complexity index is 553. The van der Waals surface area contributed by atoms with Crippen LogP contribution in [-0.2, 0) is 0 Å². The van der Waals surface area contributed by atoms with E-state index in [-0.39, 0.29) is 0 Å². The number of para-hydroxylation sites is 1. The van der Waals surface area contributed by atoms with Crippen LogP contribution in [-0.4, -0.2) is 0 Å². The number of nitrogens with one attached hydrogen (secondary N) is 1. The zero-order valence-electron chi connectivity index (χ0n) is 10.0. The Morgan fingerprint density at radius 3 is 2.17 bits per heavy atom. The van der Waals surface area contributed by atoms with Gasteiger partial charge in [-0.2, -0.15) is 0 Å². The molecule has 0 heterocycles. The molecular weight excluding hydrogens is 377 g/mol. The molecule has 0 aromatic heterocycles. The van der Waals surface area contributed by atoms with Crippen molar-refractivity contribution in [2.45, 2.75) is 13.8 Å². The molecule has 94 valence electrons. The van der Waals surface area contributed by atoms with Crippen molar-refractivity contribution >= 4 is 54.8 Å². The molecule has 0 radical (unpaired) electrons. The van der Waals surface area contributed by atoms with E-state index in [1.54, 1.807) is 0 Å². The summed E-state index contributed by atoms with van der Waals surface area (Å²) < 4.78 is 2.02. The van der Waals surface area contributed by atoms with Gasteiger partial charge in [-0.15, -0.1) is 0 Å². The summed E-state index contributed by atoms with van der Waals surface area (Å²) in [5.74, 6) is 0. The molecule has 1 nitrogen and oxygen atoms in total. The minimum atomic E-state index is 0.717. The van der Waals surface area contributed by atoms with Crippen LogP contribution in [0, 0.1) is 13.8 Å². The number of rotatable bonds is 2. The lowest BCUT2D eigenvalue weighted by atomic mass is 10.1. The van der Waals surface area contributed by atoms with E-state index in [1.165, 1.54) is 5.56 Å². The fourth-order valence-electron chi connectivity index (χ4n) is 1.73. The van der Waals surface area contributed by atoms with Crippen molar-refractivity contribution in [3.05, 3.63) is 55.4 Å². The Hall–Kier alpha value is -0.510. The first-order chi connectivity index (χ1) is 8.49. The van der Waals surface area contributed by atoms with Crippen molar-refractivity contribution in [3.63, 3.8) is 0 Å². The predicted molar refractivity (Wildman–Crippen MR) is 86.1 cm³/mol. The van der Waals surface area contributed by atoms with Crippen LogP contribution in [0.4, 0.5) is 11.4 Å². The van der Waals surface area contributed by atoms with E-state index >= 15 is 0 Å². The van der Waals surface area contributed by atoms with Gasteiger partial charge in [0.05, 0.1) is 16.4 Å². The number of benzene rings is 2. The quantitative estimate of drug-likeness (QED) is 0.642. The van der Waals surface area contributed by atoms with Gasteiger partial charge in [0.15, 0.2) is 0 Å². The predicted octanol–water partition coefficient (Wildman–Crippen LogP) is 6.23. The molecule has 0 aliphatic carbocycles. The lowest BCUT2D eigenvalue weighted by molar-refractivity contribution is 1.38. The second-order valence-corrected chi connectivity index (χ2v) is 6.28. The summed E-state index contributed by atoms with van der Waals surface area (Å²) in [6.07, 6.45) is 0. The van der Waals surface area contributed by atoms with Gasteiger partial charge < -0.3 is 5.32 Å². The van der Waals surface area contributed by atoms with Gasteiger partial charge in [0.2, 0.25) is 0 Å². The lowest BCUT2D eigenvalue weighted by Crippen LogP contribution is -1.96. The van der Waals surface area contributed by atoms with Crippen molar-refractivity contribution in [1.82, 2.24) is 0 Å². The highest BCUT2D eigenvalue weighted by molar-refractivity contribution is 9.11. The fourth-order valence-corrected chi connectivity index (χ4v) is 3.62. The molecule has 0 bridgehead atoms. The van der Waals surface area contributed by atoms with Crippen LogP contribution in [0.2, 0.25) is 5.02 Å². The second-order valence-electron chi connectivity index (χ2n) is 4.16. The molecule has 0 amide bonds. The molecule has 1 N–H and O–H groups in total. The van der Waals surface area contributed by atoms with Crippen molar-refractivity contribution in [3.8, 4) is 0 Å². The van der Waals surface area contributed by atoms with Crippen molar-refractivity contribution < 1.29 is 0 Å². The topological polar surface area (TPSA) is 12.0 Å². The van der Waals surface area contributed by atoms with E-state index in [1.807, 2.05) is 25.1 Å². The number of aryl methyl sites for hydroxylation is 2. The van der Waals surface area contributed by atoms with E-state index in [9.17, 15) is 0 Å². The van der Waals surface area contributed by atoms with Crippen LogP contribution in [0.1, 0.15) is 11.1 Å². The van der Waals surface area contributed by atoms with Gasteiger partial charge in [-0.25, -0.2) is 0 Å². The first kappa shape index (κ1) is 13.9. The largest absolute Gasteiger partial charge is 0.352 e. The van der Waals surface area contributed by atoms with Gasteiger partial charge in [-0.05, 0) is 75.0 Å². The Morgan fingerprint density at radius 1 is 1.00 bits per heavy atom. The highest BCUT2D eigenvalue weighted by Gasteiger charge is 2.10. The number of anilines is 2. The molecule has 0 aliphatic heterocycles. The van der Waals surface area contributed by atoms with Gasteiger partial charge >= 0.3 is 0 Å². The molecule has 0 atom stereocenters. The molecule has 0 unspecified atom stereocenters. The molecule has 0 spiro atoms. The average Bonchev–Trinajstić information content (AvgIpc) is 2.26. The summed E-state index contributed by atoms with van der Waals surface area (Å²) in [5, 5.41) is 4.10. The number of halogens is 3. The maximum atomic E-state index is 6.22. The fraction of sp³-hybridized carbons (Fsp3) is 0.143. The highest BCUT2D eigenvalue weighted by atomic mass is 79.9. The number of hydrogen-bond acceptors (Lipinski definition) is 1. The third-order valence-electron chi connectivity index (χ3n) is 2.66. The van der Waals surface area contributed by atoms with Gasteiger partial charge in [0.1, 0.15) is 0 Å². The Balaban J connectivity index is 2.47. The lowest BCUT2D eigenvalue weighted by Gasteiger charge is -2.15. The second kappa shape index (κ2) is 5.64. The van der Waals surface area contributed by atoms with Crippen LogP contribution in [0.3, 0.4) is 0 Å². The third-order valence-corrected chi connectivity index (χ3v) is 4.22. The van der Waals surface area contributed by atoms with Crippen molar-refractivity contribution in [1.29, 1.82) is 0 Å². The maximum absolute atomic E-state index is 6.22. The van der Waals surface area contributed by atoms with Crippen LogP contribution in [0.15, 0.2) is 39.3 Å². The molecule has 2 aromatic carbocycles. The normalized spacial score (nSPS) is 10.5. The molecular formula is C14H12Br2ClN. The van der Waals surface area contributed by atoms with Crippen molar-refractivity contribution in [2.75, 3.05) is 5.32 Å². The summed E-state index contributed by atoms with van der Waals surface area (Å²) in [4.78, 5) is 0. The van der Waals surface area contributed by atoms with Gasteiger partial charge in [0, 0.05) is 8.95 Å². The van der Waals surface area contributed by atoms with E-state index in [0.717, 1.165) is 30.9 Å². The molecule has 0 saturated heterocycles. The SMILES string of the molecule is Cc1cc(Br)c(Nc2c(C)cccc2Cl)c(Br)c1. The standard InChI is InChI=1S/C14H12Br2ClN/c1-8-6-10(15)14(11(16)7-8)18-13-9(2)4-3-5-12(13)17/h3-7,18H,1-2H3.